The summed E-state index contributed by atoms with van der Waals surface area (Å²) in [5.74, 6) is -0.740. The van der Waals surface area contributed by atoms with Crippen LogP contribution in [0.15, 0.2) is 36.4 Å². The molecule has 2 aromatic rings. The first-order valence-corrected chi connectivity index (χ1v) is 6.74. The number of non-ortho nitro benzene ring substituents is 1. The highest BCUT2D eigenvalue weighted by Crippen LogP contribution is 2.29. The topological polar surface area (TPSA) is 115 Å². The molecule has 0 radical (unpaired) electrons. The lowest BCUT2D eigenvalue weighted by molar-refractivity contribution is -0.384. The first-order chi connectivity index (χ1) is 10.8. The maximum atomic E-state index is 12.2. The molecule has 0 bridgehead atoms. The number of carbonyl (C=O) groups is 1. The number of nitrogens with one attached hydrogen (secondary N) is 1. The van der Waals surface area contributed by atoms with E-state index < -0.39 is 15.8 Å². The highest BCUT2D eigenvalue weighted by atomic mass is 35.5. The van der Waals surface area contributed by atoms with E-state index in [2.05, 4.69) is 5.32 Å². The quantitative estimate of drug-likeness (QED) is 0.655. The number of hydrogen-bond acceptors (Lipinski definition) is 5. The zero-order valence-corrected chi connectivity index (χ0v) is 12.7. The van der Waals surface area contributed by atoms with Crippen LogP contribution in [-0.2, 0) is 0 Å². The minimum absolute atomic E-state index is 0.0542. The van der Waals surface area contributed by atoms with E-state index in [0.29, 0.717) is 0 Å². The number of nitrogens with zero attached hydrogens (tertiary/aromatic N) is 2. The normalized spacial score (nSPS) is 10.2. The van der Waals surface area contributed by atoms with Crippen LogP contribution in [0.25, 0.3) is 0 Å². The first-order valence-electron chi connectivity index (χ1n) is 5.99. The van der Waals surface area contributed by atoms with Crippen LogP contribution >= 0.6 is 23.2 Å². The highest BCUT2D eigenvalue weighted by Gasteiger charge is 2.20. The minimum Gasteiger partial charge on any atom is -0.316 e. The molecule has 2 aromatic carbocycles. The van der Waals surface area contributed by atoms with Crippen LogP contribution in [0.1, 0.15) is 10.4 Å². The second-order valence-corrected chi connectivity index (χ2v) is 5.14. The summed E-state index contributed by atoms with van der Waals surface area (Å²) in [6.45, 7) is 0. The second-order valence-electron chi connectivity index (χ2n) is 4.29. The summed E-state index contributed by atoms with van der Waals surface area (Å²) >= 11 is 11.5. The van der Waals surface area contributed by atoms with Gasteiger partial charge in [-0.15, -0.1) is 0 Å². The Hall–Kier alpha value is -2.71. The number of benzene rings is 2. The van der Waals surface area contributed by atoms with E-state index >= 15 is 0 Å². The summed E-state index contributed by atoms with van der Waals surface area (Å²) in [5, 5.41) is 23.9. The average molecular weight is 356 g/mol. The third-order valence-corrected chi connectivity index (χ3v) is 3.36. The standard InChI is InChI=1S/C13H7Cl2N3O5/c14-7-1-4-11(12(5-7)18(22)23)16-13(19)9-3-2-8(17(20)21)6-10(9)15/h1-6H,(H,16,19). The Bertz CT molecular complexity index is 825. The summed E-state index contributed by atoms with van der Waals surface area (Å²) < 4.78 is 0. The van der Waals surface area contributed by atoms with E-state index in [4.69, 9.17) is 23.2 Å². The van der Waals surface area contributed by atoms with Crippen molar-refractivity contribution in [3.63, 3.8) is 0 Å². The molecule has 0 aliphatic carbocycles. The molecule has 23 heavy (non-hydrogen) atoms. The Morgan fingerprint density at radius 1 is 1.00 bits per heavy atom. The molecule has 0 spiro atoms. The van der Waals surface area contributed by atoms with Crippen molar-refractivity contribution in [3.05, 3.63) is 72.2 Å². The van der Waals surface area contributed by atoms with Gasteiger partial charge >= 0.3 is 0 Å². The number of carbonyl (C=O) groups excluding carboxylic acids is 1. The summed E-state index contributed by atoms with van der Waals surface area (Å²) in [4.78, 5) is 32.4. The number of amides is 1. The van der Waals surface area contributed by atoms with Crippen molar-refractivity contribution in [1.29, 1.82) is 0 Å². The number of rotatable bonds is 4. The Balaban J connectivity index is 2.33. The van der Waals surface area contributed by atoms with Gasteiger partial charge < -0.3 is 5.32 Å². The van der Waals surface area contributed by atoms with Crippen LogP contribution in [0.2, 0.25) is 10.0 Å². The van der Waals surface area contributed by atoms with Gasteiger partial charge in [-0.25, -0.2) is 0 Å². The van der Waals surface area contributed by atoms with Gasteiger partial charge in [0.2, 0.25) is 0 Å². The molecule has 0 saturated carbocycles. The molecule has 0 fully saturated rings. The number of nitro benzene ring substituents is 2. The van der Waals surface area contributed by atoms with Gasteiger partial charge in [0.05, 0.1) is 20.4 Å². The number of halogens is 2. The molecule has 0 unspecified atom stereocenters. The zero-order chi connectivity index (χ0) is 17.1. The Morgan fingerprint density at radius 2 is 1.70 bits per heavy atom. The van der Waals surface area contributed by atoms with Gasteiger partial charge in [0.1, 0.15) is 5.69 Å². The van der Waals surface area contributed by atoms with E-state index in [1.54, 1.807) is 0 Å². The fourth-order valence-electron chi connectivity index (χ4n) is 1.75. The Morgan fingerprint density at radius 3 is 2.26 bits per heavy atom. The molecule has 0 heterocycles. The van der Waals surface area contributed by atoms with Crippen molar-refractivity contribution in [2.75, 3.05) is 5.32 Å². The molecule has 0 saturated heterocycles. The van der Waals surface area contributed by atoms with E-state index in [1.807, 2.05) is 0 Å². The van der Waals surface area contributed by atoms with Gasteiger partial charge in [0.15, 0.2) is 0 Å². The largest absolute Gasteiger partial charge is 0.316 e. The summed E-state index contributed by atoms with van der Waals surface area (Å²) in [5.41, 5.74) is -0.784. The molecule has 118 valence electrons. The van der Waals surface area contributed by atoms with Gasteiger partial charge in [-0.3, -0.25) is 25.0 Å². The second kappa shape index (κ2) is 6.59. The van der Waals surface area contributed by atoms with Crippen molar-refractivity contribution >= 4 is 46.2 Å². The summed E-state index contributed by atoms with van der Waals surface area (Å²) in [7, 11) is 0. The third kappa shape index (κ3) is 3.74. The molecule has 1 amide bonds. The number of hydrogen-bond donors (Lipinski definition) is 1. The smallest absolute Gasteiger partial charge is 0.294 e. The van der Waals surface area contributed by atoms with Crippen molar-refractivity contribution in [3.8, 4) is 0 Å². The van der Waals surface area contributed by atoms with Crippen LogP contribution in [0, 0.1) is 20.2 Å². The van der Waals surface area contributed by atoms with Crippen molar-refractivity contribution in [1.82, 2.24) is 0 Å². The SMILES string of the molecule is O=C(Nc1ccc(Cl)cc1[N+](=O)[O-])c1ccc([N+](=O)[O-])cc1Cl. The predicted octanol–water partition coefficient (Wildman–Crippen LogP) is 4.06. The lowest BCUT2D eigenvalue weighted by Gasteiger charge is -2.07. The summed E-state index contributed by atoms with van der Waals surface area (Å²) in [6.07, 6.45) is 0. The first kappa shape index (κ1) is 16.7. The van der Waals surface area contributed by atoms with Gasteiger partial charge in [-0.05, 0) is 18.2 Å². The van der Waals surface area contributed by atoms with Crippen LogP contribution in [0.4, 0.5) is 17.1 Å². The van der Waals surface area contributed by atoms with Crippen LogP contribution in [0.3, 0.4) is 0 Å². The molecule has 0 aliphatic rings. The van der Waals surface area contributed by atoms with E-state index in [-0.39, 0.29) is 32.7 Å². The number of nitro groups is 2. The van der Waals surface area contributed by atoms with Crippen LogP contribution in [0.5, 0.6) is 0 Å². The van der Waals surface area contributed by atoms with Gasteiger partial charge in [-0.2, -0.15) is 0 Å². The fourth-order valence-corrected chi connectivity index (χ4v) is 2.18. The number of anilines is 1. The molecule has 8 nitrogen and oxygen atoms in total. The maximum absolute atomic E-state index is 12.2. The average Bonchev–Trinajstić information content (AvgIpc) is 2.48. The molecule has 0 atom stereocenters. The molecule has 0 aromatic heterocycles. The highest BCUT2D eigenvalue weighted by molar-refractivity contribution is 6.34. The minimum atomic E-state index is -0.740. The fraction of sp³-hybridized carbons (Fsp3) is 0. The van der Waals surface area contributed by atoms with Gasteiger partial charge in [0, 0.05) is 23.2 Å². The van der Waals surface area contributed by atoms with Crippen molar-refractivity contribution < 1.29 is 14.6 Å². The van der Waals surface area contributed by atoms with E-state index in [9.17, 15) is 25.0 Å². The lowest BCUT2D eigenvalue weighted by atomic mass is 10.2. The molecule has 0 aliphatic heterocycles. The predicted molar refractivity (Wildman–Crippen MR) is 84.2 cm³/mol. The lowest BCUT2D eigenvalue weighted by Crippen LogP contribution is -2.13. The van der Waals surface area contributed by atoms with Gasteiger partial charge in [0.25, 0.3) is 17.3 Å². The van der Waals surface area contributed by atoms with Crippen LogP contribution < -0.4 is 5.32 Å². The van der Waals surface area contributed by atoms with E-state index in [1.165, 1.54) is 12.1 Å². The van der Waals surface area contributed by atoms with Crippen molar-refractivity contribution in [2.45, 2.75) is 0 Å². The maximum Gasteiger partial charge on any atom is 0.294 e. The molecular formula is C13H7Cl2N3O5. The third-order valence-electron chi connectivity index (χ3n) is 2.81. The molecule has 2 rings (SSSR count). The van der Waals surface area contributed by atoms with Crippen LogP contribution in [-0.4, -0.2) is 15.8 Å². The Kier molecular flexibility index (Phi) is 4.77. The Labute approximate surface area is 138 Å². The van der Waals surface area contributed by atoms with Crippen molar-refractivity contribution in [2.24, 2.45) is 0 Å². The zero-order valence-electron chi connectivity index (χ0n) is 11.2. The molecule has 10 heteroatoms. The monoisotopic (exact) mass is 355 g/mol. The summed E-state index contributed by atoms with van der Waals surface area (Å²) in [6, 6.07) is 7.04. The van der Waals surface area contributed by atoms with Gasteiger partial charge in [-0.1, -0.05) is 23.2 Å². The molecule has 1 N–H and O–H groups in total. The van der Waals surface area contributed by atoms with E-state index in [0.717, 1.165) is 24.3 Å². The molecular weight excluding hydrogens is 349 g/mol.